The highest BCUT2D eigenvalue weighted by Gasteiger charge is 2.44. The van der Waals surface area contributed by atoms with Gasteiger partial charge in [0.2, 0.25) is 5.75 Å². The number of rotatable bonds is 19. The quantitative estimate of drug-likeness (QED) is 0.0407. The lowest BCUT2D eigenvalue weighted by molar-refractivity contribution is -0.134. The van der Waals surface area contributed by atoms with Gasteiger partial charge < -0.3 is 41.2 Å². The lowest BCUT2D eigenvalue weighted by atomic mass is 10.1. The van der Waals surface area contributed by atoms with Crippen molar-refractivity contribution in [3.63, 3.8) is 0 Å². The Bertz CT molecular complexity index is 1980. The van der Waals surface area contributed by atoms with Crippen molar-refractivity contribution in [3.8, 4) is 23.0 Å². The van der Waals surface area contributed by atoms with Crippen LogP contribution in [0.3, 0.4) is 0 Å². The average molecular weight is 822 g/mol. The Morgan fingerprint density at radius 1 is 0.618 bits per heavy atom. The number of carbonyl (C=O) groups is 1. The third kappa shape index (κ3) is 10.2. The van der Waals surface area contributed by atoms with Crippen LogP contribution in [0.1, 0.15) is 51.4 Å². The molecule has 0 saturated heterocycles. The fourth-order valence-electron chi connectivity index (χ4n) is 7.18. The second-order valence-electron chi connectivity index (χ2n) is 13.3. The molecular weight excluding hydrogens is 771 g/mol. The molecule has 0 amide bonds. The number of esters is 1. The number of fused-ring (bicyclic) bond motifs is 1. The Morgan fingerprint density at radius 2 is 1.15 bits per heavy atom. The third-order valence-electron chi connectivity index (χ3n) is 9.85. The minimum Gasteiger partial charge on any atom is -1.00 e. The second-order valence-corrected chi connectivity index (χ2v) is 16.9. The zero-order valence-corrected chi connectivity index (χ0v) is 34.4. The smallest absolute Gasteiger partial charge is 0.311 e. The maximum absolute atomic E-state index is 12.8. The largest absolute Gasteiger partial charge is 1.00 e. The van der Waals surface area contributed by atoms with Gasteiger partial charge in [0.25, 0.3) is 0 Å². The van der Waals surface area contributed by atoms with E-state index in [4.69, 9.17) is 18.9 Å². The van der Waals surface area contributed by atoms with Gasteiger partial charge in [0, 0.05) is 47.6 Å². The standard InChI is InChI=1S/C46H50N2O5P.BrH/c1-50-43-32-35(33-44(51-2)46(43)52-3)48-41-29-30-47-42-34-36(27-28-40(41)42)53-45(49)26-18-7-5-4-6-8-19-31-54(37-20-12-9-13-21-37,38-22-14-10-15-23-38)39-24-16-11-17-25-39;/h9-17,20-25,27-30,32-34H,4-8,18-19,26,31H2,1-3H3,(H,47,48);1H/q+1;/p-1. The molecule has 55 heavy (non-hydrogen) atoms. The van der Waals surface area contributed by atoms with Crippen LogP contribution < -0.4 is 57.2 Å². The number of ether oxygens (including phenoxy) is 4. The fraction of sp³-hybridized carbons (Fsp3) is 0.261. The predicted octanol–water partition coefficient (Wildman–Crippen LogP) is 7.03. The van der Waals surface area contributed by atoms with Gasteiger partial charge in [0.15, 0.2) is 11.5 Å². The van der Waals surface area contributed by atoms with Gasteiger partial charge in [-0.1, -0.05) is 80.3 Å². The molecule has 0 unspecified atom stereocenters. The average Bonchev–Trinajstić information content (AvgIpc) is 3.22. The first-order valence-electron chi connectivity index (χ1n) is 18.8. The van der Waals surface area contributed by atoms with Gasteiger partial charge in [-0.15, -0.1) is 0 Å². The Hall–Kier alpha value is -4.91. The fourth-order valence-corrected chi connectivity index (χ4v) is 11.6. The lowest BCUT2D eigenvalue weighted by Gasteiger charge is -2.27. The second kappa shape index (κ2) is 20.7. The maximum Gasteiger partial charge on any atom is 0.311 e. The van der Waals surface area contributed by atoms with Crippen molar-refractivity contribution < 1.29 is 40.7 Å². The molecule has 0 atom stereocenters. The summed E-state index contributed by atoms with van der Waals surface area (Å²) in [5, 5.41) is 8.66. The molecule has 286 valence electrons. The van der Waals surface area contributed by atoms with E-state index >= 15 is 0 Å². The SMILES string of the molecule is COc1cc(Nc2ccnc3cc(OC(=O)CCCCCCCCC[P+](c4ccccc4)(c4ccccc4)c4ccccc4)ccc23)cc(OC)c1OC.[Br-]. The molecule has 5 aromatic carbocycles. The molecule has 0 aliphatic heterocycles. The number of hydrogen-bond donors (Lipinski definition) is 1. The minimum absolute atomic E-state index is 0. The summed E-state index contributed by atoms with van der Waals surface area (Å²) in [5.41, 5.74) is 2.33. The Balaban J connectivity index is 0.00000580. The number of methoxy groups -OCH3 is 3. The summed E-state index contributed by atoms with van der Waals surface area (Å²) < 4.78 is 22.2. The zero-order chi connectivity index (χ0) is 37.6. The number of nitrogens with one attached hydrogen (secondary N) is 1. The summed E-state index contributed by atoms with van der Waals surface area (Å²) in [4.78, 5) is 17.3. The first-order chi connectivity index (χ1) is 26.5. The number of unbranched alkanes of at least 4 members (excludes halogenated alkanes) is 6. The molecule has 0 aliphatic rings. The molecule has 6 aromatic rings. The molecule has 7 nitrogen and oxygen atoms in total. The van der Waals surface area contributed by atoms with Gasteiger partial charge in [-0.2, -0.15) is 0 Å². The van der Waals surface area contributed by atoms with Crippen molar-refractivity contribution in [2.24, 2.45) is 0 Å². The molecule has 0 spiro atoms. The van der Waals surface area contributed by atoms with E-state index in [2.05, 4.69) is 101 Å². The van der Waals surface area contributed by atoms with Gasteiger partial charge >= 0.3 is 5.97 Å². The van der Waals surface area contributed by atoms with Crippen LogP contribution in [0.15, 0.2) is 134 Å². The van der Waals surface area contributed by atoms with Gasteiger partial charge in [0.05, 0.1) is 33.0 Å². The van der Waals surface area contributed by atoms with Crippen molar-refractivity contribution in [1.29, 1.82) is 0 Å². The Labute approximate surface area is 336 Å². The maximum atomic E-state index is 12.8. The van der Waals surface area contributed by atoms with Crippen molar-refractivity contribution >= 4 is 51.4 Å². The summed E-state index contributed by atoms with van der Waals surface area (Å²) in [6.07, 6.45) is 11.0. The molecule has 1 heterocycles. The molecule has 0 fully saturated rings. The lowest BCUT2D eigenvalue weighted by Crippen LogP contribution is -3.00. The van der Waals surface area contributed by atoms with E-state index < -0.39 is 7.26 Å². The van der Waals surface area contributed by atoms with Crippen LogP contribution >= 0.6 is 7.26 Å². The van der Waals surface area contributed by atoms with Crippen molar-refractivity contribution in [1.82, 2.24) is 4.98 Å². The number of pyridine rings is 1. The molecule has 0 bridgehead atoms. The van der Waals surface area contributed by atoms with Crippen molar-refractivity contribution in [3.05, 3.63) is 134 Å². The van der Waals surface area contributed by atoms with Crippen LogP contribution in [0.25, 0.3) is 10.9 Å². The van der Waals surface area contributed by atoms with Gasteiger partial charge in [-0.05, 0) is 73.9 Å². The molecule has 0 saturated carbocycles. The summed E-state index contributed by atoms with van der Waals surface area (Å²) in [6, 6.07) is 44.5. The zero-order valence-electron chi connectivity index (χ0n) is 31.9. The Morgan fingerprint density at radius 3 is 1.67 bits per heavy atom. The van der Waals surface area contributed by atoms with Crippen molar-refractivity contribution in [2.45, 2.75) is 51.4 Å². The number of benzene rings is 5. The van der Waals surface area contributed by atoms with Crippen LogP contribution in [-0.2, 0) is 4.79 Å². The molecule has 9 heteroatoms. The van der Waals surface area contributed by atoms with E-state index in [0.29, 0.717) is 34.9 Å². The number of anilines is 2. The van der Waals surface area contributed by atoms with E-state index in [-0.39, 0.29) is 23.0 Å². The van der Waals surface area contributed by atoms with Gasteiger partial charge in [-0.25, -0.2) is 0 Å². The molecule has 6 rings (SSSR count). The summed E-state index contributed by atoms with van der Waals surface area (Å²) in [6.45, 7) is 0. The number of nitrogens with zero attached hydrogens (tertiary/aromatic N) is 1. The van der Waals surface area contributed by atoms with Gasteiger partial charge in [0.1, 0.15) is 28.9 Å². The van der Waals surface area contributed by atoms with E-state index in [0.717, 1.165) is 42.2 Å². The van der Waals surface area contributed by atoms with Crippen LogP contribution in [0.2, 0.25) is 0 Å². The predicted molar refractivity (Wildman–Crippen MR) is 224 cm³/mol. The summed E-state index contributed by atoms with van der Waals surface area (Å²) in [7, 11) is 2.98. The van der Waals surface area contributed by atoms with E-state index in [9.17, 15) is 4.79 Å². The van der Waals surface area contributed by atoms with Crippen LogP contribution in [-0.4, -0.2) is 38.4 Å². The molecule has 1 N–H and O–H groups in total. The summed E-state index contributed by atoms with van der Waals surface area (Å²) >= 11 is 0. The highest BCUT2D eigenvalue weighted by molar-refractivity contribution is 7.95. The highest BCUT2D eigenvalue weighted by Crippen LogP contribution is 2.56. The van der Waals surface area contributed by atoms with Crippen molar-refractivity contribution in [2.75, 3.05) is 32.8 Å². The van der Waals surface area contributed by atoms with E-state index in [1.165, 1.54) is 41.6 Å². The molecule has 1 aromatic heterocycles. The molecular formula is C46H50BrN2O5P. The third-order valence-corrected chi connectivity index (χ3v) is 14.4. The first kappa shape index (κ1) is 41.3. The number of carbonyl (C=O) groups excluding carboxylic acids is 1. The van der Waals surface area contributed by atoms with Crippen LogP contribution in [0.4, 0.5) is 11.4 Å². The number of hydrogen-bond acceptors (Lipinski definition) is 7. The Kier molecular flexibility index (Phi) is 15.5. The molecule has 0 radical (unpaired) electrons. The monoisotopic (exact) mass is 820 g/mol. The number of halogens is 1. The normalized spacial score (nSPS) is 11.0. The van der Waals surface area contributed by atoms with Gasteiger partial charge in [-0.3, -0.25) is 9.78 Å². The number of aromatic nitrogens is 1. The topological polar surface area (TPSA) is 78.9 Å². The molecule has 0 aliphatic carbocycles. The van der Waals surface area contributed by atoms with E-state index in [1.54, 1.807) is 33.6 Å². The van der Waals surface area contributed by atoms with E-state index in [1.807, 2.05) is 30.3 Å². The highest BCUT2D eigenvalue weighted by atomic mass is 79.9. The summed E-state index contributed by atoms with van der Waals surface area (Å²) in [5.74, 6) is 1.90. The minimum atomic E-state index is -1.77. The van der Waals surface area contributed by atoms with Crippen LogP contribution in [0, 0.1) is 0 Å². The first-order valence-corrected chi connectivity index (χ1v) is 20.7. The van der Waals surface area contributed by atoms with Crippen LogP contribution in [0.5, 0.6) is 23.0 Å².